The van der Waals surface area contributed by atoms with E-state index < -0.39 is 6.17 Å². The zero-order chi connectivity index (χ0) is 21.5. The number of fused-ring (bicyclic) bond motifs is 2. The van der Waals surface area contributed by atoms with Crippen LogP contribution < -0.4 is 10.2 Å². The fourth-order valence-electron chi connectivity index (χ4n) is 4.59. The fourth-order valence-corrected chi connectivity index (χ4v) is 4.59. The number of hydrogen-bond acceptors (Lipinski definition) is 7. The third-order valence-corrected chi connectivity index (χ3v) is 6.32. The van der Waals surface area contributed by atoms with Crippen LogP contribution in [0, 0.1) is 11.3 Å². The molecule has 2 fully saturated rings. The third kappa shape index (κ3) is 3.49. The van der Waals surface area contributed by atoms with Crippen LogP contribution in [0.5, 0.6) is 5.75 Å². The van der Waals surface area contributed by atoms with Gasteiger partial charge in [-0.15, -0.1) is 10.2 Å². The number of anilines is 1. The Kier molecular flexibility index (Phi) is 4.79. The van der Waals surface area contributed by atoms with Gasteiger partial charge in [-0.2, -0.15) is 5.26 Å². The first-order valence-electron chi connectivity index (χ1n) is 10.3. The number of halogens is 1. The summed E-state index contributed by atoms with van der Waals surface area (Å²) in [6.07, 6.45) is 4.82. The van der Waals surface area contributed by atoms with Crippen LogP contribution in [-0.4, -0.2) is 56.2 Å². The predicted molar refractivity (Wildman–Crippen MR) is 113 cm³/mol. The quantitative estimate of drug-likeness (QED) is 0.670. The number of hydrogen-bond donors (Lipinski definition) is 2. The number of piperidine rings is 1. The van der Waals surface area contributed by atoms with Gasteiger partial charge in [-0.3, -0.25) is 0 Å². The van der Waals surface area contributed by atoms with Crippen LogP contribution in [0.2, 0.25) is 0 Å². The number of nitrogens with one attached hydrogen (secondary N) is 1. The van der Waals surface area contributed by atoms with Crippen molar-refractivity contribution in [3.05, 3.63) is 48.5 Å². The Morgan fingerprint density at radius 2 is 2.13 bits per heavy atom. The van der Waals surface area contributed by atoms with Gasteiger partial charge >= 0.3 is 0 Å². The summed E-state index contributed by atoms with van der Waals surface area (Å²) in [5.74, 6) is 0.648. The average Bonchev–Trinajstić information content (AvgIpc) is 3.43. The molecule has 4 heterocycles. The summed E-state index contributed by atoms with van der Waals surface area (Å²) < 4.78 is 16.5. The Hall–Kier alpha value is -3.51. The van der Waals surface area contributed by atoms with Crippen molar-refractivity contribution in [1.29, 1.82) is 5.26 Å². The number of rotatable bonds is 4. The van der Waals surface area contributed by atoms with E-state index in [2.05, 4.69) is 20.5 Å². The average molecular weight is 419 g/mol. The summed E-state index contributed by atoms with van der Waals surface area (Å²) in [4.78, 5) is 5.84. The minimum atomic E-state index is -0.938. The lowest BCUT2D eigenvalue weighted by Gasteiger charge is -2.38. The first-order valence-corrected chi connectivity index (χ1v) is 10.3. The molecule has 9 heteroatoms. The predicted octanol–water partition coefficient (Wildman–Crippen LogP) is 2.57. The molecule has 2 bridgehead atoms. The molecule has 1 aromatic carbocycles. The highest BCUT2D eigenvalue weighted by atomic mass is 19.1. The number of nitriles is 1. The monoisotopic (exact) mass is 419 g/mol. The minimum absolute atomic E-state index is 0.0406. The van der Waals surface area contributed by atoms with Crippen molar-refractivity contribution in [3.63, 3.8) is 0 Å². The lowest BCUT2D eigenvalue weighted by atomic mass is 9.96. The molecule has 0 aliphatic carbocycles. The molecule has 3 aromatic rings. The molecule has 2 N–H and O–H groups in total. The summed E-state index contributed by atoms with van der Waals surface area (Å²) >= 11 is 0. The minimum Gasteiger partial charge on any atom is -0.507 e. The Balaban J connectivity index is 1.35. The smallest absolute Gasteiger partial charge is 0.158 e. The fraction of sp³-hybridized carbons (Fsp3) is 0.364. The zero-order valence-corrected chi connectivity index (χ0v) is 17.0. The Bertz CT molecular complexity index is 1140. The van der Waals surface area contributed by atoms with Crippen molar-refractivity contribution in [2.45, 2.75) is 43.6 Å². The van der Waals surface area contributed by atoms with Crippen LogP contribution >= 0.6 is 0 Å². The molecule has 0 amide bonds. The van der Waals surface area contributed by atoms with Crippen LogP contribution in [0.4, 0.5) is 10.2 Å². The molecule has 0 spiro atoms. The first kappa shape index (κ1) is 19.5. The van der Waals surface area contributed by atoms with Crippen LogP contribution in [0.1, 0.15) is 25.0 Å². The topological polar surface area (TPSA) is 103 Å². The molecular weight excluding hydrogens is 397 g/mol. The van der Waals surface area contributed by atoms with E-state index in [4.69, 9.17) is 5.26 Å². The van der Waals surface area contributed by atoms with Gasteiger partial charge in [-0.1, -0.05) is 0 Å². The van der Waals surface area contributed by atoms with E-state index in [1.54, 1.807) is 41.1 Å². The number of aromatic hydroxyl groups is 1. The maximum Gasteiger partial charge on any atom is 0.158 e. The van der Waals surface area contributed by atoms with Gasteiger partial charge in [-0.05, 0) is 43.5 Å². The number of benzene rings is 1. The van der Waals surface area contributed by atoms with E-state index in [0.29, 0.717) is 34.5 Å². The highest BCUT2D eigenvalue weighted by Crippen LogP contribution is 2.34. The molecule has 2 saturated heterocycles. The largest absolute Gasteiger partial charge is 0.507 e. The van der Waals surface area contributed by atoms with Gasteiger partial charge < -0.3 is 19.9 Å². The van der Waals surface area contributed by atoms with Gasteiger partial charge in [-0.25, -0.2) is 9.37 Å². The second-order valence-electron chi connectivity index (χ2n) is 8.16. The Morgan fingerprint density at radius 3 is 2.84 bits per heavy atom. The van der Waals surface area contributed by atoms with Gasteiger partial charge in [0, 0.05) is 37.0 Å². The van der Waals surface area contributed by atoms with Crippen LogP contribution in [-0.2, 0) is 0 Å². The molecule has 0 saturated carbocycles. The maximum atomic E-state index is 14.9. The second-order valence-corrected chi connectivity index (χ2v) is 8.16. The summed E-state index contributed by atoms with van der Waals surface area (Å²) in [5, 5.41) is 31.4. The highest BCUT2D eigenvalue weighted by Gasteiger charge is 2.43. The molecule has 8 nitrogen and oxygen atoms in total. The lowest BCUT2D eigenvalue weighted by molar-refractivity contribution is 0.176. The lowest BCUT2D eigenvalue weighted by Crippen LogP contribution is -2.55. The van der Waals surface area contributed by atoms with Gasteiger partial charge in [0.2, 0.25) is 0 Å². The molecule has 2 aromatic heterocycles. The number of phenolic OH excluding ortho intramolecular Hbond substituents is 1. The van der Waals surface area contributed by atoms with Gasteiger partial charge in [0.1, 0.15) is 24.3 Å². The SMILES string of the molecule is CN(c1ccc(-c2ccc(-n3cnc(C#N)c3)cc2O)nn1)[C@@H]1CC2CCC(N2)[C@@H]1F. The van der Waals surface area contributed by atoms with Gasteiger partial charge in [0.25, 0.3) is 0 Å². The van der Waals surface area contributed by atoms with Crippen molar-refractivity contribution in [1.82, 2.24) is 25.1 Å². The summed E-state index contributed by atoms with van der Waals surface area (Å²) in [7, 11) is 1.86. The standard InChI is InChI=1S/C22H22FN7O/c1-29(19-8-13-2-5-18(26-13)22(19)23)21-7-6-17(27-28-21)16-4-3-15(9-20(16)31)30-11-14(10-24)25-12-30/h3-4,6-7,9,11-13,18-19,22,26,31H,2,5,8H2,1H3/t13?,18?,19-,22+/m1/s1. The molecule has 0 radical (unpaired) electrons. The number of aromatic nitrogens is 4. The molecule has 31 heavy (non-hydrogen) atoms. The maximum absolute atomic E-state index is 14.9. The van der Waals surface area contributed by atoms with Gasteiger partial charge in [0.05, 0.1) is 17.4 Å². The second kappa shape index (κ2) is 7.63. The Labute approximate surface area is 179 Å². The van der Waals surface area contributed by atoms with E-state index in [1.807, 2.05) is 18.0 Å². The molecule has 2 aliphatic heterocycles. The molecule has 2 unspecified atom stereocenters. The van der Waals surface area contributed by atoms with Crippen LogP contribution in [0.3, 0.4) is 0 Å². The molecule has 5 rings (SSSR count). The van der Waals surface area contributed by atoms with E-state index in [9.17, 15) is 9.50 Å². The third-order valence-electron chi connectivity index (χ3n) is 6.32. The molecule has 4 atom stereocenters. The molecule has 2 aliphatic rings. The van der Waals surface area contributed by atoms with E-state index >= 15 is 0 Å². The van der Waals surface area contributed by atoms with Gasteiger partial charge in [0.15, 0.2) is 11.5 Å². The van der Waals surface area contributed by atoms with Crippen LogP contribution in [0.25, 0.3) is 16.9 Å². The zero-order valence-electron chi connectivity index (χ0n) is 17.0. The van der Waals surface area contributed by atoms with E-state index in [-0.39, 0.29) is 17.8 Å². The van der Waals surface area contributed by atoms with Crippen molar-refractivity contribution < 1.29 is 9.50 Å². The molecule has 158 valence electrons. The first-order chi connectivity index (χ1) is 15.0. The number of phenols is 1. The van der Waals surface area contributed by atoms with Crippen molar-refractivity contribution in [2.75, 3.05) is 11.9 Å². The van der Waals surface area contributed by atoms with E-state index in [0.717, 1.165) is 19.3 Å². The highest BCUT2D eigenvalue weighted by molar-refractivity contribution is 5.69. The summed E-state index contributed by atoms with van der Waals surface area (Å²) in [5.41, 5.74) is 2.03. The van der Waals surface area contributed by atoms with E-state index in [1.165, 1.54) is 6.33 Å². The van der Waals surface area contributed by atoms with Crippen LogP contribution in [0.15, 0.2) is 42.9 Å². The number of nitrogens with zero attached hydrogens (tertiary/aromatic N) is 6. The van der Waals surface area contributed by atoms with Crippen molar-refractivity contribution in [3.8, 4) is 28.8 Å². The molecular formula is C22H22FN7O. The van der Waals surface area contributed by atoms with Crippen molar-refractivity contribution in [2.24, 2.45) is 0 Å². The summed E-state index contributed by atoms with van der Waals surface area (Å²) in [6, 6.07) is 10.8. The number of alkyl halides is 1. The summed E-state index contributed by atoms with van der Waals surface area (Å²) in [6.45, 7) is 0. The Morgan fingerprint density at radius 1 is 1.26 bits per heavy atom. The van der Waals surface area contributed by atoms with Crippen molar-refractivity contribution >= 4 is 5.82 Å². The number of imidazole rings is 1. The normalized spacial score (nSPS) is 24.7.